The van der Waals surface area contributed by atoms with E-state index < -0.39 is 0 Å². The van der Waals surface area contributed by atoms with Crippen molar-refractivity contribution in [1.29, 1.82) is 0 Å². The Labute approximate surface area is 87.5 Å². The van der Waals surface area contributed by atoms with Gasteiger partial charge in [-0.15, -0.1) is 0 Å². The van der Waals surface area contributed by atoms with E-state index >= 15 is 0 Å². The molecule has 1 rings (SSSR count). The third-order valence-electron chi connectivity index (χ3n) is 3.13. The smallest absolute Gasteiger partial charge is 0.222 e. The monoisotopic (exact) mass is 197 g/mol. The van der Waals surface area contributed by atoms with Crippen molar-refractivity contribution in [3.63, 3.8) is 0 Å². The highest BCUT2D eigenvalue weighted by Crippen LogP contribution is 2.22. The van der Waals surface area contributed by atoms with Gasteiger partial charge in [0.1, 0.15) is 0 Å². The molecule has 1 saturated carbocycles. The van der Waals surface area contributed by atoms with Crippen LogP contribution in [0.1, 0.15) is 52.9 Å². The minimum atomic E-state index is 0.121. The normalized spacial score (nSPS) is 28.6. The van der Waals surface area contributed by atoms with Crippen LogP contribution in [0.2, 0.25) is 0 Å². The number of rotatable bonds is 2. The van der Waals surface area contributed by atoms with E-state index in [1.807, 2.05) is 13.8 Å². The van der Waals surface area contributed by atoms with Gasteiger partial charge in [-0.1, -0.05) is 33.6 Å². The molecule has 0 aliphatic heterocycles. The summed E-state index contributed by atoms with van der Waals surface area (Å²) in [5.74, 6) is 1.18. The topological polar surface area (TPSA) is 29.1 Å². The molecule has 0 heterocycles. The summed E-state index contributed by atoms with van der Waals surface area (Å²) in [7, 11) is 0. The van der Waals surface area contributed by atoms with Crippen LogP contribution in [0.3, 0.4) is 0 Å². The Morgan fingerprint density at radius 3 is 2.57 bits per heavy atom. The van der Waals surface area contributed by atoms with Crippen molar-refractivity contribution in [3.8, 4) is 0 Å². The fraction of sp³-hybridized carbons (Fsp3) is 0.917. The molecule has 1 fully saturated rings. The van der Waals surface area contributed by atoms with Gasteiger partial charge in [-0.25, -0.2) is 0 Å². The van der Waals surface area contributed by atoms with Gasteiger partial charge in [-0.2, -0.15) is 0 Å². The second kappa shape index (κ2) is 5.38. The van der Waals surface area contributed by atoms with E-state index in [-0.39, 0.29) is 11.8 Å². The van der Waals surface area contributed by atoms with E-state index in [9.17, 15) is 4.79 Å². The predicted molar refractivity (Wildman–Crippen MR) is 59.0 cm³/mol. The predicted octanol–water partition coefficient (Wildman–Crippen LogP) is 2.73. The highest BCUT2D eigenvalue weighted by molar-refractivity contribution is 5.78. The summed E-state index contributed by atoms with van der Waals surface area (Å²) in [6.45, 7) is 6.22. The summed E-state index contributed by atoms with van der Waals surface area (Å²) >= 11 is 0. The number of nitrogens with one attached hydrogen (secondary N) is 1. The lowest BCUT2D eigenvalue weighted by molar-refractivity contribution is -0.124. The molecular formula is C12H23NO. The number of carbonyl (C=O) groups is 1. The third kappa shape index (κ3) is 3.69. The summed E-state index contributed by atoms with van der Waals surface area (Å²) in [5.41, 5.74) is 0. The van der Waals surface area contributed by atoms with Crippen LogP contribution in [-0.2, 0) is 4.79 Å². The third-order valence-corrected chi connectivity index (χ3v) is 3.13. The highest BCUT2D eigenvalue weighted by Gasteiger charge is 2.18. The summed E-state index contributed by atoms with van der Waals surface area (Å²) in [6.07, 6.45) is 6.20. The Balaban J connectivity index is 2.33. The molecule has 0 aromatic heterocycles. The van der Waals surface area contributed by atoms with Crippen LogP contribution in [-0.4, -0.2) is 11.9 Å². The summed E-state index contributed by atoms with van der Waals surface area (Å²) in [4.78, 5) is 11.5. The van der Waals surface area contributed by atoms with Gasteiger partial charge in [0.25, 0.3) is 0 Å². The Morgan fingerprint density at radius 1 is 1.21 bits per heavy atom. The van der Waals surface area contributed by atoms with E-state index in [1.54, 1.807) is 0 Å². The van der Waals surface area contributed by atoms with Crippen LogP contribution in [0.25, 0.3) is 0 Å². The van der Waals surface area contributed by atoms with Crippen LogP contribution in [0.4, 0.5) is 0 Å². The SMILES string of the molecule is CC1CCCC(NC(=O)C(C)C)CC1. The molecule has 0 aromatic rings. The standard InChI is InChI=1S/C12H23NO/c1-9(2)12(14)13-11-6-4-5-10(3)7-8-11/h9-11H,4-8H2,1-3H3,(H,13,14). The van der Waals surface area contributed by atoms with Crippen molar-refractivity contribution in [2.45, 2.75) is 58.9 Å². The first kappa shape index (κ1) is 11.5. The molecule has 0 aromatic carbocycles. The first-order valence-electron chi connectivity index (χ1n) is 5.90. The zero-order valence-corrected chi connectivity index (χ0v) is 9.68. The van der Waals surface area contributed by atoms with Gasteiger partial charge in [-0.3, -0.25) is 4.79 Å². The van der Waals surface area contributed by atoms with Crippen molar-refractivity contribution in [2.24, 2.45) is 11.8 Å². The summed E-state index contributed by atoms with van der Waals surface area (Å²) < 4.78 is 0. The number of hydrogen-bond donors (Lipinski definition) is 1. The molecule has 14 heavy (non-hydrogen) atoms. The molecule has 2 heteroatoms. The van der Waals surface area contributed by atoms with Gasteiger partial charge >= 0.3 is 0 Å². The molecule has 1 amide bonds. The maximum absolute atomic E-state index is 11.5. The van der Waals surface area contributed by atoms with Crippen molar-refractivity contribution in [3.05, 3.63) is 0 Å². The molecule has 2 atom stereocenters. The van der Waals surface area contributed by atoms with E-state index in [0.29, 0.717) is 6.04 Å². The molecule has 2 nitrogen and oxygen atoms in total. The fourth-order valence-corrected chi connectivity index (χ4v) is 2.00. The van der Waals surface area contributed by atoms with E-state index in [2.05, 4.69) is 12.2 Å². The van der Waals surface area contributed by atoms with Gasteiger partial charge in [-0.05, 0) is 25.2 Å². The summed E-state index contributed by atoms with van der Waals surface area (Å²) in [5, 5.41) is 3.14. The lowest BCUT2D eigenvalue weighted by atomic mass is 10.0. The van der Waals surface area contributed by atoms with E-state index in [0.717, 1.165) is 5.92 Å². The first-order chi connectivity index (χ1) is 6.59. The van der Waals surface area contributed by atoms with Gasteiger partial charge in [0.15, 0.2) is 0 Å². The van der Waals surface area contributed by atoms with Crippen molar-refractivity contribution in [2.75, 3.05) is 0 Å². The van der Waals surface area contributed by atoms with Gasteiger partial charge in [0.05, 0.1) is 0 Å². The molecule has 1 aliphatic carbocycles. The van der Waals surface area contributed by atoms with Gasteiger partial charge in [0.2, 0.25) is 5.91 Å². The van der Waals surface area contributed by atoms with Crippen LogP contribution in [0, 0.1) is 11.8 Å². The molecular weight excluding hydrogens is 174 g/mol. The van der Waals surface area contributed by atoms with Crippen LogP contribution in [0.15, 0.2) is 0 Å². The summed E-state index contributed by atoms with van der Waals surface area (Å²) in [6, 6.07) is 0.440. The minimum absolute atomic E-state index is 0.121. The Bertz CT molecular complexity index is 189. The zero-order valence-electron chi connectivity index (χ0n) is 9.68. The maximum atomic E-state index is 11.5. The second-order valence-electron chi connectivity index (χ2n) is 4.97. The first-order valence-corrected chi connectivity index (χ1v) is 5.90. The molecule has 0 spiro atoms. The molecule has 0 bridgehead atoms. The lowest BCUT2D eigenvalue weighted by Crippen LogP contribution is -2.37. The molecule has 0 saturated heterocycles. The van der Waals surface area contributed by atoms with E-state index in [4.69, 9.17) is 0 Å². The number of amides is 1. The molecule has 1 N–H and O–H groups in total. The molecule has 1 aliphatic rings. The zero-order chi connectivity index (χ0) is 10.6. The van der Waals surface area contributed by atoms with Crippen LogP contribution in [0.5, 0.6) is 0 Å². The average Bonchev–Trinajstić information content (AvgIpc) is 2.31. The van der Waals surface area contributed by atoms with Crippen molar-refractivity contribution in [1.82, 2.24) is 5.32 Å². The van der Waals surface area contributed by atoms with Crippen LogP contribution < -0.4 is 5.32 Å². The van der Waals surface area contributed by atoms with Gasteiger partial charge < -0.3 is 5.32 Å². The van der Waals surface area contributed by atoms with Crippen LogP contribution >= 0.6 is 0 Å². The lowest BCUT2D eigenvalue weighted by Gasteiger charge is -2.17. The maximum Gasteiger partial charge on any atom is 0.222 e. The average molecular weight is 197 g/mol. The van der Waals surface area contributed by atoms with Gasteiger partial charge in [0, 0.05) is 12.0 Å². The Hall–Kier alpha value is -0.530. The van der Waals surface area contributed by atoms with E-state index in [1.165, 1.54) is 32.1 Å². The highest BCUT2D eigenvalue weighted by atomic mass is 16.1. The largest absolute Gasteiger partial charge is 0.353 e. The number of carbonyl (C=O) groups excluding carboxylic acids is 1. The fourth-order valence-electron chi connectivity index (χ4n) is 2.00. The van der Waals surface area contributed by atoms with Crippen molar-refractivity contribution >= 4 is 5.91 Å². The van der Waals surface area contributed by atoms with Crippen molar-refractivity contribution < 1.29 is 4.79 Å². The second-order valence-corrected chi connectivity index (χ2v) is 4.97. The molecule has 0 radical (unpaired) electrons. The minimum Gasteiger partial charge on any atom is -0.353 e. The molecule has 2 unspecified atom stereocenters. The Morgan fingerprint density at radius 2 is 1.93 bits per heavy atom. The number of hydrogen-bond acceptors (Lipinski definition) is 1. The quantitative estimate of drug-likeness (QED) is 0.678. The Kier molecular flexibility index (Phi) is 4.43. The molecule has 82 valence electrons.